The first-order valence-corrected chi connectivity index (χ1v) is 7.55. The lowest BCUT2D eigenvalue weighted by atomic mass is 9.66. The molecule has 1 aliphatic carbocycles. The highest BCUT2D eigenvalue weighted by molar-refractivity contribution is 6.06. The van der Waals surface area contributed by atoms with Crippen LogP contribution in [-0.2, 0) is 9.59 Å². The molecule has 6 heteroatoms. The molecule has 0 unspecified atom stereocenters. The molecule has 1 aromatic carbocycles. The first kappa shape index (κ1) is 17.1. The standard InChI is InChI=1S/C17H21NO5/c1-17(2)8-14(19)16(15(20)9-17)13(10-18(21)22)11-4-6-12(23-3)7-5-11/h4-7,13,16H,8-10H2,1-3H3/t13-/m0/s1. The van der Waals surface area contributed by atoms with E-state index in [1.165, 1.54) is 7.11 Å². The second kappa shape index (κ2) is 6.48. The molecule has 23 heavy (non-hydrogen) atoms. The molecular weight excluding hydrogens is 298 g/mol. The second-order valence-electron chi connectivity index (χ2n) is 6.82. The first-order valence-electron chi connectivity index (χ1n) is 7.55. The Morgan fingerprint density at radius 1 is 1.22 bits per heavy atom. The van der Waals surface area contributed by atoms with Crippen molar-refractivity contribution in [2.45, 2.75) is 32.6 Å². The number of hydrogen-bond donors (Lipinski definition) is 0. The second-order valence-corrected chi connectivity index (χ2v) is 6.82. The minimum absolute atomic E-state index is 0.200. The summed E-state index contributed by atoms with van der Waals surface area (Å²) in [6.45, 7) is 3.30. The summed E-state index contributed by atoms with van der Waals surface area (Å²) >= 11 is 0. The number of carbonyl (C=O) groups excluding carboxylic acids is 2. The number of ether oxygens (including phenoxy) is 1. The highest BCUT2D eigenvalue weighted by Crippen LogP contribution is 2.40. The number of ketones is 2. The summed E-state index contributed by atoms with van der Waals surface area (Å²) in [4.78, 5) is 35.5. The topological polar surface area (TPSA) is 86.5 Å². The molecule has 0 bridgehead atoms. The van der Waals surface area contributed by atoms with Gasteiger partial charge in [-0.2, -0.15) is 0 Å². The van der Waals surface area contributed by atoms with E-state index in [1.54, 1.807) is 24.3 Å². The molecule has 0 heterocycles. The number of Topliss-reactive ketones (excluding diaryl/α,β-unsaturated/α-hetero) is 2. The molecule has 0 amide bonds. The van der Waals surface area contributed by atoms with Gasteiger partial charge in [-0.15, -0.1) is 0 Å². The molecule has 0 aliphatic heterocycles. The van der Waals surface area contributed by atoms with Crippen LogP contribution in [0.25, 0.3) is 0 Å². The Balaban J connectivity index is 2.35. The predicted octanol–water partition coefficient (Wildman–Crippen LogP) is 2.63. The van der Waals surface area contributed by atoms with Crippen LogP contribution in [0.3, 0.4) is 0 Å². The van der Waals surface area contributed by atoms with Crippen molar-refractivity contribution in [1.82, 2.24) is 0 Å². The van der Waals surface area contributed by atoms with Gasteiger partial charge in [0.15, 0.2) is 0 Å². The SMILES string of the molecule is COc1ccc([C@H](C[N+](=O)[O-])C2C(=O)CC(C)(C)CC2=O)cc1. The maximum Gasteiger partial charge on any atom is 0.211 e. The average Bonchev–Trinajstić information content (AvgIpc) is 2.44. The minimum atomic E-state index is -0.929. The predicted molar refractivity (Wildman–Crippen MR) is 84.1 cm³/mol. The summed E-state index contributed by atoms with van der Waals surface area (Å²) < 4.78 is 5.08. The summed E-state index contributed by atoms with van der Waals surface area (Å²) in [5.41, 5.74) is 0.248. The molecule has 1 aromatic rings. The number of hydrogen-bond acceptors (Lipinski definition) is 5. The molecule has 1 aliphatic rings. The van der Waals surface area contributed by atoms with E-state index in [0.29, 0.717) is 11.3 Å². The third kappa shape index (κ3) is 3.94. The van der Waals surface area contributed by atoms with Gasteiger partial charge >= 0.3 is 0 Å². The van der Waals surface area contributed by atoms with E-state index in [2.05, 4.69) is 0 Å². The number of methoxy groups -OCH3 is 1. The maximum absolute atomic E-state index is 12.5. The quantitative estimate of drug-likeness (QED) is 0.473. The fourth-order valence-corrected chi connectivity index (χ4v) is 3.27. The van der Waals surface area contributed by atoms with Gasteiger partial charge in [0.05, 0.1) is 18.9 Å². The summed E-state index contributed by atoms with van der Waals surface area (Å²) in [7, 11) is 1.53. The van der Waals surface area contributed by atoms with Gasteiger partial charge in [-0.1, -0.05) is 26.0 Å². The van der Waals surface area contributed by atoms with Gasteiger partial charge in [0.25, 0.3) is 0 Å². The highest BCUT2D eigenvalue weighted by atomic mass is 16.6. The van der Waals surface area contributed by atoms with Crippen molar-refractivity contribution >= 4 is 11.6 Å². The smallest absolute Gasteiger partial charge is 0.211 e. The first-order chi connectivity index (χ1) is 10.7. The van der Waals surface area contributed by atoms with E-state index >= 15 is 0 Å². The van der Waals surface area contributed by atoms with Gasteiger partial charge in [-0.25, -0.2) is 0 Å². The molecular formula is C17H21NO5. The lowest BCUT2D eigenvalue weighted by molar-refractivity contribution is -0.484. The number of benzene rings is 1. The summed E-state index contributed by atoms with van der Waals surface area (Å²) in [5, 5.41) is 11.0. The van der Waals surface area contributed by atoms with E-state index in [0.717, 1.165) is 0 Å². The Morgan fingerprint density at radius 3 is 2.17 bits per heavy atom. The average molecular weight is 319 g/mol. The molecule has 0 saturated heterocycles. The molecule has 1 saturated carbocycles. The number of nitro groups is 1. The number of carbonyl (C=O) groups is 2. The van der Waals surface area contributed by atoms with Crippen molar-refractivity contribution in [3.63, 3.8) is 0 Å². The molecule has 0 N–H and O–H groups in total. The van der Waals surface area contributed by atoms with Gasteiger partial charge in [0.2, 0.25) is 6.54 Å². The molecule has 6 nitrogen and oxygen atoms in total. The fourth-order valence-electron chi connectivity index (χ4n) is 3.27. The molecule has 124 valence electrons. The Kier molecular flexibility index (Phi) is 4.82. The van der Waals surface area contributed by atoms with Crippen LogP contribution < -0.4 is 4.74 Å². The normalized spacial score (nSPS) is 19.4. The Labute approximate surface area is 135 Å². The molecule has 0 radical (unpaired) electrons. The minimum Gasteiger partial charge on any atom is -0.497 e. The molecule has 0 spiro atoms. The third-order valence-corrected chi connectivity index (χ3v) is 4.29. The molecule has 0 aromatic heterocycles. The van der Waals surface area contributed by atoms with Crippen LogP contribution in [0.4, 0.5) is 0 Å². The largest absolute Gasteiger partial charge is 0.497 e. The van der Waals surface area contributed by atoms with Crippen molar-refractivity contribution in [2.75, 3.05) is 13.7 Å². The van der Waals surface area contributed by atoms with E-state index in [4.69, 9.17) is 4.74 Å². The zero-order valence-electron chi connectivity index (χ0n) is 13.6. The van der Waals surface area contributed by atoms with Gasteiger partial charge in [-0.3, -0.25) is 19.7 Å². The van der Waals surface area contributed by atoms with Gasteiger partial charge < -0.3 is 4.74 Å². The Morgan fingerprint density at radius 2 is 1.74 bits per heavy atom. The van der Waals surface area contributed by atoms with Crippen LogP contribution in [-0.4, -0.2) is 30.1 Å². The third-order valence-electron chi connectivity index (χ3n) is 4.29. The number of rotatable bonds is 5. The Bertz CT molecular complexity index is 600. The van der Waals surface area contributed by atoms with Crippen LogP contribution in [0.1, 0.15) is 38.2 Å². The monoisotopic (exact) mass is 319 g/mol. The zero-order valence-corrected chi connectivity index (χ0v) is 13.6. The van der Waals surface area contributed by atoms with Crippen LogP contribution in [0.15, 0.2) is 24.3 Å². The summed E-state index contributed by atoms with van der Waals surface area (Å²) in [6.07, 6.45) is 0.543. The Hall–Kier alpha value is -2.24. The van der Waals surface area contributed by atoms with Crippen LogP contribution >= 0.6 is 0 Å². The molecule has 1 fully saturated rings. The lowest BCUT2D eigenvalue weighted by Crippen LogP contribution is -2.42. The van der Waals surface area contributed by atoms with Crippen LogP contribution in [0.5, 0.6) is 5.75 Å². The highest BCUT2D eigenvalue weighted by Gasteiger charge is 2.45. The van der Waals surface area contributed by atoms with Crippen molar-refractivity contribution in [3.8, 4) is 5.75 Å². The van der Waals surface area contributed by atoms with Gasteiger partial charge in [0.1, 0.15) is 17.3 Å². The number of nitrogens with zero attached hydrogens (tertiary/aromatic N) is 1. The fraction of sp³-hybridized carbons (Fsp3) is 0.529. The lowest BCUT2D eigenvalue weighted by Gasteiger charge is -2.34. The van der Waals surface area contributed by atoms with Crippen molar-refractivity contribution in [2.24, 2.45) is 11.3 Å². The summed E-state index contributed by atoms with van der Waals surface area (Å²) in [5.74, 6) is -1.44. The van der Waals surface area contributed by atoms with Crippen LogP contribution in [0.2, 0.25) is 0 Å². The van der Waals surface area contributed by atoms with E-state index < -0.39 is 23.3 Å². The van der Waals surface area contributed by atoms with Crippen molar-refractivity contribution in [3.05, 3.63) is 39.9 Å². The zero-order chi connectivity index (χ0) is 17.2. The van der Waals surface area contributed by atoms with E-state index in [1.807, 2.05) is 13.8 Å². The molecule has 2 rings (SSSR count). The van der Waals surface area contributed by atoms with Crippen molar-refractivity contribution < 1.29 is 19.2 Å². The van der Waals surface area contributed by atoms with Crippen LogP contribution in [0, 0.1) is 21.4 Å². The van der Waals surface area contributed by atoms with Gasteiger partial charge in [0, 0.05) is 17.8 Å². The summed E-state index contributed by atoms with van der Waals surface area (Å²) in [6, 6.07) is 6.74. The van der Waals surface area contributed by atoms with Gasteiger partial charge in [-0.05, 0) is 23.1 Å². The van der Waals surface area contributed by atoms with Crippen molar-refractivity contribution in [1.29, 1.82) is 0 Å². The van der Waals surface area contributed by atoms with E-state index in [9.17, 15) is 19.7 Å². The van der Waals surface area contributed by atoms with E-state index in [-0.39, 0.29) is 29.8 Å². The molecule has 1 atom stereocenters. The maximum atomic E-state index is 12.5.